The minimum atomic E-state index is -4.42. The number of amides is 1. The smallest absolute Gasteiger partial charge is 0.315 e. The van der Waals surface area contributed by atoms with Gasteiger partial charge >= 0.3 is 6.18 Å². The van der Waals surface area contributed by atoms with Crippen LogP contribution >= 0.6 is 0 Å². The van der Waals surface area contributed by atoms with Crippen LogP contribution in [0, 0.1) is 5.41 Å². The normalized spacial score (nSPS) is 18.7. The molecular formula is C23H20F3N5O2S. The molecule has 0 bridgehead atoms. The highest BCUT2D eigenvalue weighted by Gasteiger charge is 2.51. The van der Waals surface area contributed by atoms with Crippen molar-refractivity contribution in [3.63, 3.8) is 0 Å². The fourth-order valence-electron chi connectivity index (χ4n) is 4.95. The Hall–Kier alpha value is -3.18. The molecule has 2 aliphatic heterocycles. The molecule has 2 saturated heterocycles. The molecular weight excluding hydrogens is 467 g/mol. The number of fused-ring (bicyclic) bond motifs is 3. The molecule has 0 atom stereocenters. The summed E-state index contributed by atoms with van der Waals surface area (Å²) >= 11 is 0. The SMILES string of the molecule is Cn1cc2c3cc(C(=O)N=S4(=O)CC5(CNC5)C4)ccc3n(-c3ccc(C(F)(F)F)cc3)c2n1. The second kappa shape index (κ2) is 6.92. The first-order chi connectivity index (χ1) is 16.1. The number of alkyl halides is 3. The number of carbonyl (C=O) groups excluding carboxylic acids is 1. The Morgan fingerprint density at radius 3 is 2.44 bits per heavy atom. The largest absolute Gasteiger partial charge is 0.416 e. The zero-order valence-electron chi connectivity index (χ0n) is 18.1. The van der Waals surface area contributed by atoms with Crippen LogP contribution in [0.15, 0.2) is 53.0 Å². The highest BCUT2D eigenvalue weighted by molar-refractivity contribution is 7.95. The molecule has 4 aromatic rings. The molecule has 176 valence electrons. The van der Waals surface area contributed by atoms with Crippen LogP contribution in [0.3, 0.4) is 0 Å². The predicted molar refractivity (Wildman–Crippen MR) is 122 cm³/mol. The van der Waals surface area contributed by atoms with Gasteiger partial charge in [0.25, 0.3) is 5.91 Å². The van der Waals surface area contributed by atoms with Gasteiger partial charge in [-0.2, -0.15) is 22.6 Å². The minimum absolute atomic E-state index is 0.0333. The lowest BCUT2D eigenvalue weighted by atomic mass is 9.85. The number of nitrogens with zero attached hydrogens (tertiary/aromatic N) is 4. The maximum absolute atomic E-state index is 13.0. The standard InChI is InChI=1S/C23H20F3N5O2S/c1-30-9-18-17-8-14(21(32)29-34(33)12-22(13-34)10-27-11-22)2-7-19(17)31(20(18)28-30)16-5-3-15(4-6-16)23(24,25)26/h2-9,27H,10-13H2,1H3. The van der Waals surface area contributed by atoms with Gasteiger partial charge in [-0.3, -0.25) is 14.0 Å². The lowest BCUT2D eigenvalue weighted by Gasteiger charge is -2.50. The number of benzene rings is 2. The third kappa shape index (κ3) is 3.25. The topological polar surface area (TPSA) is 81.3 Å². The summed E-state index contributed by atoms with van der Waals surface area (Å²) in [5.74, 6) is 0.365. The van der Waals surface area contributed by atoms with E-state index >= 15 is 0 Å². The minimum Gasteiger partial charge on any atom is -0.315 e. The number of carbonyl (C=O) groups is 1. The second-order valence-electron chi connectivity index (χ2n) is 9.21. The Bertz CT molecular complexity index is 1590. The molecule has 1 amide bonds. The van der Waals surface area contributed by atoms with E-state index in [1.54, 1.807) is 40.7 Å². The molecule has 2 aromatic carbocycles. The Labute approximate surface area is 192 Å². The first-order valence-corrected chi connectivity index (χ1v) is 12.5. The van der Waals surface area contributed by atoms with Crippen LogP contribution < -0.4 is 5.32 Å². The van der Waals surface area contributed by atoms with Gasteiger partial charge in [-0.1, -0.05) is 0 Å². The molecule has 6 rings (SSSR count). The summed E-state index contributed by atoms with van der Waals surface area (Å²) in [6.07, 6.45) is -2.63. The molecule has 11 heteroatoms. The van der Waals surface area contributed by atoms with Gasteiger partial charge in [0.15, 0.2) is 5.65 Å². The number of aryl methyl sites for hydroxylation is 1. The van der Waals surface area contributed by atoms with Crippen molar-refractivity contribution in [2.24, 2.45) is 16.8 Å². The summed E-state index contributed by atoms with van der Waals surface area (Å²) in [4.78, 5) is 12.9. The average molecular weight is 488 g/mol. The number of nitrogens with one attached hydrogen (secondary N) is 1. The highest BCUT2D eigenvalue weighted by Crippen LogP contribution is 2.38. The van der Waals surface area contributed by atoms with E-state index in [4.69, 9.17) is 0 Å². The van der Waals surface area contributed by atoms with E-state index < -0.39 is 27.4 Å². The lowest BCUT2D eigenvalue weighted by molar-refractivity contribution is -0.137. The number of halogens is 3. The molecule has 4 heterocycles. The van der Waals surface area contributed by atoms with E-state index in [0.717, 1.165) is 30.6 Å². The second-order valence-corrected chi connectivity index (χ2v) is 11.5. The lowest BCUT2D eigenvalue weighted by Crippen LogP contribution is -2.66. The van der Waals surface area contributed by atoms with Crippen molar-refractivity contribution in [2.75, 3.05) is 24.6 Å². The van der Waals surface area contributed by atoms with Crippen molar-refractivity contribution in [3.05, 3.63) is 59.8 Å². The van der Waals surface area contributed by atoms with E-state index in [1.807, 2.05) is 0 Å². The highest BCUT2D eigenvalue weighted by atomic mass is 32.2. The monoisotopic (exact) mass is 487 g/mol. The Balaban J connectivity index is 1.43. The van der Waals surface area contributed by atoms with Gasteiger partial charge in [0.05, 0.1) is 20.8 Å². The zero-order valence-corrected chi connectivity index (χ0v) is 18.9. The van der Waals surface area contributed by atoms with E-state index in [1.165, 1.54) is 12.1 Å². The molecule has 1 N–H and O–H groups in total. The number of hydrogen-bond donors (Lipinski definition) is 1. The summed E-state index contributed by atoms with van der Waals surface area (Å²) in [5, 5.41) is 9.12. The number of hydrogen-bond acceptors (Lipinski definition) is 4. The fourth-order valence-corrected chi connectivity index (χ4v) is 7.73. The van der Waals surface area contributed by atoms with Gasteiger partial charge in [-0.15, -0.1) is 0 Å². The van der Waals surface area contributed by atoms with Gasteiger partial charge in [0.2, 0.25) is 0 Å². The van der Waals surface area contributed by atoms with Crippen molar-refractivity contribution in [3.8, 4) is 5.69 Å². The van der Waals surface area contributed by atoms with Crippen LogP contribution in [0.2, 0.25) is 0 Å². The van der Waals surface area contributed by atoms with E-state index in [0.29, 0.717) is 39.3 Å². The summed E-state index contributed by atoms with van der Waals surface area (Å²) in [5.41, 5.74) is 1.39. The molecule has 0 saturated carbocycles. The van der Waals surface area contributed by atoms with Crippen molar-refractivity contribution in [1.82, 2.24) is 19.7 Å². The molecule has 2 aliphatic rings. The van der Waals surface area contributed by atoms with Gasteiger partial charge < -0.3 is 5.32 Å². The van der Waals surface area contributed by atoms with Crippen LogP contribution in [-0.2, 0) is 23.0 Å². The Morgan fingerprint density at radius 2 is 1.82 bits per heavy atom. The Kier molecular flexibility index (Phi) is 4.35. The number of aromatic nitrogens is 3. The predicted octanol–water partition coefficient (Wildman–Crippen LogP) is 3.75. The fraction of sp³-hybridized carbons (Fsp3) is 0.304. The van der Waals surface area contributed by atoms with Crippen LogP contribution in [0.5, 0.6) is 0 Å². The van der Waals surface area contributed by atoms with Crippen molar-refractivity contribution in [2.45, 2.75) is 6.18 Å². The molecule has 7 nitrogen and oxygen atoms in total. The summed E-state index contributed by atoms with van der Waals surface area (Å²) < 4.78 is 59.4. The maximum Gasteiger partial charge on any atom is 0.416 e. The maximum atomic E-state index is 13.0. The van der Waals surface area contributed by atoms with E-state index in [9.17, 15) is 22.2 Å². The van der Waals surface area contributed by atoms with Crippen LogP contribution in [-0.4, -0.2) is 49.1 Å². The van der Waals surface area contributed by atoms with Crippen molar-refractivity contribution < 1.29 is 22.2 Å². The van der Waals surface area contributed by atoms with Crippen molar-refractivity contribution in [1.29, 1.82) is 0 Å². The van der Waals surface area contributed by atoms with Gasteiger partial charge in [0.1, 0.15) is 0 Å². The molecule has 1 spiro atoms. The molecule has 0 radical (unpaired) electrons. The molecule has 2 aromatic heterocycles. The van der Waals surface area contributed by atoms with Gasteiger partial charge in [0, 0.05) is 65.3 Å². The first-order valence-electron chi connectivity index (χ1n) is 10.7. The molecule has 0 aliphatic carbocycles. The first kappa shape index (κ1) is 21.4. The zero-order chi connectivity index (χ0) is 23.9. The molecule has 2 fully saturated rings. The quantitative estimate of drug-likeness (QED) is 0.467. The summed E-state index contributed by atoms with van der Waals surface area (Å²) in [6.45, 7) is 1.63. The van der Waals surface area contributed by atoms with E-state index in [-0.39, 0.29) is 5.41 Å². The number of rotatable bonds is 2. The van der Waals surface area contributed by atoms with Gasteiger partial charge in [-0.05, 0) is 42.5 Å². The van der Waals surface area contributed by atoms with Gasteiger partial charge in [-0.25, -0.2) is 4.21 Å². The molecule has 34 heavy (non-hydrogen) atoms. The van der Waals surface area contributed by atoms with Crippen LogP contribution in [0.1, 0.15) is 15.9 Å². The third-order valence-electron chi connectivity index (χ3n) is 6.56. The third-order valence-corrected chi connectivity index (χ3v) is 9.19. The average Bonchev–Trinajstić information content (AvgIpc) is 3.24. The van der Waals surface area contributed by atoms with Crippen molar-refractivity contribution >= 4 is 37.6 Å². The summed E-state index contributed by atoms with van der Waals surface area (Å²) in [7, 11) is -0.779. The Morgan fingerprint density at radius 1 is 1.12 bits per heavy atom. The summed E-state index contributed by atoms with van der Waals surface area (Å²) in [6, 6.07) is 9.89. The van der Waals surface area contributed by atoms with Crippen LogP contribution in [0.25, 0.3) is 27.6 Å². The molecule has 0 unspecified atom stereocenters. The van der Waals surface area contributed by atoms with Crippen LogP contribution in [0.4, 0.5) is 13.2 Å². The van der Waals surface area contributed by atoms with E-state index in [2.05, 4.69) is 14.8 Å².